The van der Waals surface area contributed by atoms with Gasteiger partial charge in [-0.3, -0.25) is 4.40 Å². The van der Waals surface area contributed by atoms with Crippen molar-refractivity contribution in [2.75, 3.05) is 18.0 Å². The van der Waals surface area contributed by atoms with Gasteiger partial charge >= 0.3 is 5.97 Å². The second-order valence-electron chi connectivity index (χ2n) is 3.77. The number of nitrogens with zero attached hydrogens (tertiary/aromatic N) is 3. The molecule has 0 radical (unpaired) electrons. The molecule has 5 nitrogen and oxygen atoms in total. The molecule has 1 N–H and O–H groups in total. The van der Waals surface area contributed by atoms with Crippen molar-refractivity contribution in [3.8, 4) is 12.3 Å². The number of hydrogen-bond acceptors (Lipinski definition) is 4. The summed E-state index contributed by atoms with van der Waals surface area (Å²) in [5.41, 5.74) is 0.176. The standard InChI is InChI=1S/C12H13N3O2S/c1-3-5-14(6-4-2)10-9(11(16)17)15-7-8-18-12(15)13-10/h1,7-8H,4-6H2,2H3,(H,16,17). The van der Waals surface area contributed by atoms with Crippen LogP contribution in [0.5, 0.6) is 0 Å². The van der Waals surface area contributed by atoms with Gasteiger partial charge in [0.25, 0.3) is 0 Å². The number of aromatic nitrogens is 2. The Morgan fingerprint density at radius 2 is 2.50 bits per heavy atom. The SMILES string of the molecule is C#CCN(CCC)c1nc2sccn2c1C(=O)O. The summed E-state index contributed by atoms with van der Waals surface area (Å²) >= 11 is 1.40. The van der Waals surface area contributed by atoms with Gasteiger partial charge in [0.15, 0.2) is 16.5 Å². The van der Waals surface area contributed by atoms with E-state index >= 15 is 0 Å². The number of hydrogen-bond donors (Lipinski definition) is 1. The molecular weight excluding hydrogens is 250 g/mol. The number of carboxylic acid groups (broad SMARTS) is 1. The van der Waals surface area contributed by atoms with Crippen molar-refractivity contribution in [2.45, 2.75) is 13.3 Å². The van der Waals surface area contributed by atoms with Crippen LogP contribution < -0.4 is 4.90 Å². The van der Waals surface area contributed by atoms with Gasteiger partial charge in [0, 0.05) is 18.1 Å². The maximum Gasteiger partial charge on any atom is 0.356 e. The van der Waals surface area contributed by atoms with Crippen LogP contribution in [-0.2, 0) is 0 Å². The van der Waals surface area contributed by atoms with Crippen molar-refractivity contribution in [3.05, 3.63) is 17.3 Å². The lowest BCUT2D eigenvalue weighted by molar-refractivity contribution is 0.0690. The van der Waals surface area contributed by atoms with Crippen molar-refractivity contribution >= 4 is 28.1 Å². The first-order chi connectivity index (χ1) is 8.69. The van der Waals surface area contributed by atoms with Crippen LogP contribution in [0.2, 0.25) is 0 Å². The number of rotatable bonds is 5. The van der Waals surface area contributed by atoms with Crippen molar-refractivity contribution < 1.29 is 9.90 Å². The smallest absolute Gasteiger partial charge is 0.356 e. The van der Waals surface area contributed by atoms with Crippen molar-refractivity contribution in [3.63, 3.8) is 0 Å². The fourth-order valence-electron chi connectivity index (χ4n) is 1.83. The molecule has 2 aromatic rings. The third-order valence-electron chi connectivity index (χ3n) is 2.52. The number of anilines is 1. The maximum atomic E-state index is 11.4. The lowest BCUT2D eigenvalue weighted by Crippen LogP contribution is -2.26. The van der Waals surface area contributed by atoms with Gasteiger partial charge in [-0.05, 0) is 6.42 Å². The van der Waals surface area contributed by atoms with E-state index in [4.69, 9.17) is 6.42 Å². The average molecular weight is 263 g/mol. The van der Waals surface area contributed by atoms with E-state index in [9.17, 15) is 9.90 Å². The van der Waals surface area contributed by atoms with Gasteiger partial charge in [-0.1, -0.05) is 12.8 Å². The highest BCUT2D eigenvalue weighted by atomic mass is 32.1. The average Bonchev–Trinajstić information content (AvgIpc) is 2.87. The van der Waals surface area contributed by atoms with E-state index in [0.717, 1.165) is 6.42 Å². The quantitative estimate of drug-likeness (QED) is 0.838. The molecule has 94 valence electrons. The first kappa shape index (κ1) is 12.5. The molecule has 2 aromatic heterocycles. The second kappa shape index (κ2) is 5.10. The molecule has 0 spiro atoms. The van der Waals surface area contributed by atoms with Gasteiger partial charge in [-0.25, -0.2) is 9.78 Å². The number of thiazole rings is 1. The molecule has 0 amide bonds. The molecule has 6 heteroatoms. The van der Waals surface area contributed by atoms with Gasteiger partial charge in [0.2, 0.25) is 0 Å². The van der Waals surface area contributed by atoms with E-state index in [0.29, 0.717) is 23.9 Å². The van der Waals surface area contributed by atoms with E-state index in [1.807, 2.05) is 17.2 Å². The summed E-state index contributed by atoms with van der Waals surface area (Å²) in [6.07, 6.45) is 7.91. The topological polar surface area (TPSA) is 57.8 Å². The molecule has 0 aliphatic rings. The van der Waals surface area contributed by atoms with E-state index in [1.165, 1.54) is 11.3 Å². The van der Waals surface area contributed by atoms with Gasteiger partial charge < -0.3 is 10.0 Å². The van der Waals surface area contributed by atoms with E-state index in [2.05, 4.69) is 10.9 Å². The van der Waals surface area contributed by atoms with Crippen LogP contribution >= 0.6 is 11.3 Å². The predicted molar refractivity (Wildman–Crippen MR) is 71.4 cm³/mol. The van der Waals surface area contributed by atoms with Crippen LogP contribution in [0.4, 0.5) is 5.82 Å². The summed E-state index contributed by atoms with van der Waals surface area (Å²) in [7, 11) is 0. The van der Waals surface area contributed by atoms with E-state index in [-0.39, 0.29) is 5.69 Å². The number of carboxylic acids is 1. The maximum absolute atomic E-state index is 11.4. The Morgan fingerprint density at radius 1 is 1.72 bits per heavy atom. The highest BCUT2D eigenvalue weighted by Crippen LogP contribution is 2.24. The molecule has 0 aliphatic carbocycles. The molecule has 0 saturated heterocycles. The van der Waals surface area contributed by atoms with E-state index in [1.54, 1.807) is 10.6 Å². The Morgan fingerprint density at radius 3 is 3.11 bits per heavy atom. The molecule has 18 heavy (non-hydrogen) atoms. The highest BCUT2D eigenvalue weighted by molar-refractivity contribution is 7.15. The number of carbonyl (C=O) groups is 1. The molecule has 0 aliphatic heterocycles. The molecule has 0 fully saturated rings. The molecule has 0 atom stereocenters. The van der Waals surface area contributed by atoms with Crippen molar-refractivity contribution in [2.24, 2.45) is 0 Å². The molecule has 0 unspecified atom stereocenters. The summed E-state index contributed by atoms with van der Waals surface area (Å²) in [5, 5.41) is 11.1. The minimum Gasteiger partial charge on any atom is -0.476 e. The molecule has 0 saturated carbocycles. The lowest BCUT2D eigenvalue weighted by atomic mass is 10.3. The second-order valence-corrected chi connectivity index (χ2v) is 4.64. The van der Waals surface area contributed by atoms with Crippen LogP contribution in [-0.4, -0.2) is 33.6 Å². The Labute approximate surface area is 109 Å². The first-order valence-electron chi connectivity index (χ1n) is 5.56. The lowest BCUT2D eigenvalue weighted by Gasteiger charge is -2.19. The third-order valence-corrected chi connectivity index (χ3v) is 3.28. The molecule has 0 aromatic carbocycles. The summed E-state index contributed by atoms with van der Waals surface area (Å²) < 4.78 is 1.58. The normalized spacial score (nSPS) is 10.4. The highest BCUT2D eigenvalue weighted by Gasteiger charge is 2.23. The van der Waals surface area contributed by atoms with Crippen LogP contribution in [0.15, 0.2) is 11.6 Å². The minimum atomic E-state index is -0.992. The van der Waals surface area contributed by atoms with Crippen LogP contribution in [0.1, 0.15) is 23.8 Å². The fourth-order valence-corrected chi connectivity index (χ4v) is 2.54. The predicted octanol–water partition coefficient (Wildman–Crippen LogP) is 1.94. The third kappa shape index (κ3) is 2.05. The van der Waals surface area contributed by atoms with Crippen LogP contribution in [0, 0.1) is 12.3 Å². The Bertz CT molecular complexity index is 608. The van der Waals surface area contributed by atoms with Gasteiger partial charge in [0.05, 0.1) is 6.54 Å². The Hall–Kier alpha value is -2.00. The summed E-state index contributed by atoms with van der Waals surface area (Å²) in [4.78, 5) is 18.2. The zero-order chi connectivity index (χ0) is 13.1. The van der Waals surface area contributed by atoms with Crippen LogP contribution in [0.3, 0.4) is 0 Å². The summed E-state index contributed by atoms with van der Waals surface area (Å²) in [5.74, 6) is 2.00. The molecule has 2 heterocycles. The summed E-state index contributed by atoms with van der Waals surface area (Å²) in [6, 6.07) is 0. The summed E-state index contributed by atoms with van der Waals surface area (Å²) in [6.45, 7) is 3.07. The number of fused-ring (bicyclic) bond motifs is 1. The monoisotopic (exact) mass is 263 g/mol. The van der Waals surface area contributed by atoms with Crippen LogP contribution in [0.25, 0.3) is 4.96 Å². The molecule has 2 rings (SSSR count). The number of terminal acetylenes is 1. The zero-order valence-corrected chi connectivity index (χ0v) is 10.8. The Balaban J connectivity index is 2.54. The van der Waals surface area contributed by atoms with Crippen molar-refractivity contribution in [1.82, 2.24) is 9.38 Å². The van der Waals surface area contributed by atoms with Gasteiger partial charge in [-0.2, -0.15) is 0 Å². The fraction of sp³-hybridized carbons (Fsp3) is 0.333. The molecule has 0 bridgehead atoms. The number of aromatic carboxylic acids is 1. The minimum absolute atomic E-state index is 0.176. The number of imidazole rings is 1. The largest absolute Gasteiger partial charge is 0.476 e. The first-order valence-corrected chi connectivity index (χ1v) is 6.44. The van der Waals surface area contributed by atoms with Gasteiger partial charge in [0.1, 0.15) is 0 Å². The molecular formula is C12H13N3O2S. The van der Waals surface area contributed by atoms with E-state index < -0.39 is 5.97 Å². The zero-order valence-electron chi connectivity index (χ0n) is 9.96. The van der Waals surface area contributed by atoms with Gasteiger partial charge in [-0.15, -0.1) is 17.8 Å². The van der Waals surface area contributed by atoms with Crippen molar-refractivity contribution in [1.29, 1.82) is 0 Å². The Kier molecular flexibility index (Phi) is 3.53.